The van der Waals surface area contributed by atoms with Gasteiger partial charge in [-0.25, -0.2) is 4.39 Å². The predicted octanol–water partition coefficient (Wildman–Crippen LogP) is 2.36. The normalized spacial score (nSPS) is 15.4. The van der Waals surface area contributed by atoms with Crippen molar-refractivity contribution >= 4 is 17.6 Å². The monoisotopic (exact) mass is 370 g/mol. The Labute approximate surface area is 158 Å². The Balaban J connectivity index is 1.66. The van der Waals surface area contributed by atoms with Gasteiger partial charge in [0.1, 0.15) is 5.82 Å². The van der Waals surface area contributed by atoms with Crippen LogP contribution in [0.2, 0.25) is 0 Å². The second-order valence-electron chi connectivity index (χ2n) is 6.14. The summed E-state index contributed by atoms with van der Waals surface area (Å²) >= 11 is 0. The van der Waals surface area contributed by atoms with Crippen LogP contribution in [-0.4, -0.2) is 56.2 Å². The number of hydrogen-bond donors (Lipinski definition) is 2. The predicted molar refractivity (Wildman–Crippen MR) is 103 cm³/mol. The van der Waals surface area contributed by atoms with Crippen molar-refractivity contribution in [2.24, 2.45) is 4.99 Å². The Bertz CT molecular complexity index is 777. The van der Waals surface area contributed by atoms with E-state index in [0.717, 1.165) is 38.5 Å². The number of anilines is 1. The van der Waals surface area contributed by atoms with Crippen LogP contribution in [0.15, 0.2) is 59.6 Å². The molecule has 0 radical (unpaired) electrons. The second kappa shape index (κ2) is 9.80. The summed E-state index contributed by atoms with van der Waals surface area (Å²) in [5, 5.41) is 5.85. The lowest BCUT2D eigenvalue weighted by atomic mass is 10.2. The van der Waals surface area contributed by atoms with Crippen molar-refractivity contribution in [3.8, 4) is 0 Å². The lowest BCUT2D eigenvalue weighted by Crippen LogP contribution is -2.39. The highest BCUT2D eigenvalue weighted by Gasteiger charge is 2.12. The SMILES string of the molecule is O=C(NC(=NCCN1CCOCC1)Nc1ccccc1)c1cccc(F)c1. The number of carbonyl (C=O) groups excluding carboxylic acids is 1. The first-order valence-electron chi connectivity index (χ1n) is 8.94. The van der Waals surface area contributed by atoms with E-state index in [9.17, 15) is 9.18 Å². The van der Waals surface area contributed by atoms with Gasteiger partial charge in [0.25, 0.3) is 5.91 Å². The van der Waals surface area contributed by atoms with Crippen LogP contribution in [-0.2, 0) is 4.74 Å². The first kappa shape index (κ1) is 19.0. The number of benzene rings is 2. The van der Waals surface area contributed by atoms with Gasteiger partial charge in [-0.2, -0.15) is 0 Å². The summed E-state index contributed by atoms with van der Waals surface area (Å²) in [7, 11) is 0. The van der Waals surface area contributed by atoms with Crippen LogP contribution < -0.4 is 10.6 Å². The maximum atomic E-state index is 13.4. The fourth-order valence-electron chi connectivity index (χ4n) is 2.71. The van der Waals surface area contributed by atoms with Gasteiger partial charge in [-0.05, 0) is 30.3 Å². The molecule has 1 heterocycles. The molecule has 6 nitrogen and oxygen atoms in total. The van der Waals surface area contributed by atoms with Gasteiger partial charge in [-0.3, -0.25) is 20.0 Å². The number of carbonyl (C=O) groups is 1. The number of halogens is 1. The van der Waals surface area contributed by atoms with Gasteiger partial charge in [0.2, 0.25) is 5.96 Å². The summed E-state index contributed by atoms with van der Waals surface area (Å²) in [6.07, 6.45) is 0. The third kappa shape index (κ3) is 6.16. The smallest absolute Gasteiger partial charge is 0.258 e. The number of guanidine groups is 1. The van der Waals surface area contributed by atoms with E-state index >= 15 is 0 Å². The highest BCUT2D eigenvalue weighted by Crippen LogP contribution is 2.06. The van der Waals surface area contributed by atoms with E-state index in [0.29, 0.717) is 12.5 Å². The van der Waals surface area contributed by atoms with Gasteiger partial charge < -0.3 is 10.1 Å². The molecule has 0 unspecified atom stereocenters. The molecule has 0 spiro atoms. The molecule has 1 aliphatic rings. The molecule has 0 aliphatic carbocycles. The Morgan fingerprint density at radius 2 is 1.89 bits per heavy atom. The average molecular weight is 370 g/mol. The van der Waals surface area contributed by atoms with Gasteiger partial charge in [-0.15, -0.1) is 0 Å². The maximum absolute atomic E-state index is 13.4. The Morgan fingerprint density at radius 1 is 1.11 bits per heavy atom. The molecule has 0 aromatic heterocycles. The lowest BCUT2D eigenvalue weighted by molar-refractivity contribution is 0.0394. The largest absolute Gasteiger partial charge is 0.379 e. The van der Waals surface area contributed by atoms with Crippen LogP contribution in [0.3, 0.4) is 0 Å². The second-order valence-corrected chi connectivity index (χ2v) is 6.14. The van der Waals surface area contributed by atoms with E-state index in [1.54, 1.807) is 6.07 Å². The number of amides is 1. The zero-order valence-corrected chi connectivity index (χ0v) is 15.0. The number of nitrogens with one attached hydrogen (secondary N) is 2. The summed E-state index contributed by atoms with van der Waals surface area (Å²) < 4.78 is 18.7. The molecular weight excluding hydrogens is 347 g/mol. The molecule has 27 heavy (non-hydrogen) atoms. The van der Waals surface area contributed by atoms with Crippen molar-refractivity contribution in [2.75, 3.05) is 44.7 Å². The third-order valence-electron chi connectivity index (χ3n) is 4.15. The van der Waals surface area contributed by atoms with Gasteiger partial charge >= 0.3 is 0 Å². The number of hydrogen-bond acceptors (Lipinski definition) is 4. The number of rotatable bonds is 5. The number of morpholine rings is 1. The van der Waals surface area contributed by atoms with Crippen molar-refractivity contribution in [1.82, 2.24) is 10.2 Å². The highest BCUT2D eigenvalue weighted by molar-refractivity contribution is 6.09. The van der Waals surface area contributed by atoms with Crippen LogP contribution >= 0.6 is 0 Å². The van der Waals surface area contributed by atoms with Crippen molar-refractivity contribution in [2.45, 2.75) is 0 Å². The van der Waals surface area contributed by atoms with E-state index in [2.05, 4.69) is 20.5 Å². The van der Waals surface area contributed by atoms with Gasteiger partial charge in [-0.1, -0.05) is 24.3 Å². The van der Waals surface area contributed by atoms with E-state index in [1.165, 1.54) is 18.2 Å². The van der Waals surface area contributed by atoms with Gasteiger partial charge in [0.05, 0.1) is 19.8 Å². The zero-order valence-electron chi connectivity index (χ0n) is 15.0. The maximum Gasteiger partial charge on any atom is 0.258 e. The van der Waals surface area contributed by atoms with Crippen LogP contribution in [0.25, 0.3) is 0 Å². The minimum Gasteiger partial charge on any atom is -0.379 e. The number of ether oxygens (including phenoxy) is 1. The first-order chi connectivity index (χ1) is 13.2. The molecule has 3 rings (SSSR count). The summed E-state index contributed by atoms with van der Waals surface area (Å²) in [6, 6.07) is 15.0. The van der Waals surface area contributed by atoms with Gasteiger partial charge in [0.15, 0.2) is 0 Å². The summed E-state index contributed by atoms with van der Waals surface area (Å²) in [5.41, 5.74) is 1.05. The zero-order chi connectivity index (χ0) is 18.9. The fraction of sp³-hybridized carbons (Fsp3) is 0.300. The molecule has 1 saturated heterocycles. The molecule has 2 N–H and O–H groups in total. The molecule has 1 fully saturated rings. The quantitative estimate of drug-likeness (QED) is 0.626. The van der Waals surface area contributed by atoms with Gasteiger partial charge in [0, 0.05) is 30.9 Å². The van der Waals surface area contributed by atoms with Crippen LogP contribution in [0, 0.1) is 5.82 Å². The van der Waals surface area contributed by atoms with Crippen molar-refractivity contribution < 1.29 is 13.9 Å². The standard InChI is InChI=1S/C20H23FN4O2/c21-17-6-4-5-16(15-17)19(26)24-20(23-18-7-2-1-3-8-18)22-9-10-25-11-13-27-14-12-25/h1-8,15H,9-14H2,(H2,22,23,24,26). The topological polar surface area (TPSA) is 66.0 Å². The Hall–Kier alpha value is -2.77. The van der Waals surface area contributed by atoms with E-state index in [1.807, 2.05) is 30.3 Å². The molecule has 0 atom stereocenters. The lowest BCUT2D eigenvalue weighted by Gasteiger charge is -2.25. The average Bonchev–Trinajstić information content (AvgIpc) is 2.69. The summed E-state index contributed by atoms with van der Waals surface area (Å²) in [6.45, 7) is 4.53. The number of nitrogens with zero attached hydrogens (tertiary/aromatic N) is 2. The Morgan fingerprint density at radius 3 is 2.63 bits per heavy atom. The van der Waals surface area contributed by atoms with Crippen molar-refractivity contribution in [3.63, 3.8) is 0 Å². The molecule has 0 bridgehead atoms. The molecule has 0 saturated carbocycles. The van der Waals surface area contributed by atoms with E-state index in [4.69, 9.17) is 4.74 Å². The highest BCUT2D eigenvalue weighted by atomic mass is 19.1. The molecule has 1 amide bonds. The number of aliphatic imine (C=N–C) groups is 1. The van der Waals surface area contributed by atoms with E-state index in [-0.39, 0.29) is 5.56 Å². The van der Waals surface area contributed by atoms with Crippen LogP contribution in [0.5, 0.6) is 0 Å². The van der Waals surface area contributed by atoms with E-state index < -0.39 is 11.7 Å². The fourth-order valence-corrected chi connectivity index (χ4v) is 2.71. The third-order valence-corrected chi connectivity index (χ3v) is 4.15. The molecule has 1 aliphatic heterocycles. The summed E-state index contributed by atoms with van der Waals surface area (Å²) in [4.78, 5) is 19.2. The summed E-state index contributed by atoms with van der Waals surface area (Å²) in [5.74, 6) is -0.531. The number of para-hydroxylation sites is 1. The molecule has 2 aromatic carbocycles. The molecule has 7 heteroatoms. The van der Waals surface area contributed by atoms with Crippen LogP contribution in [0.1, 0.15) is 10.4 Å². The Kier molecular flexibility index (Phi) is 6.90. The van der Waals surface area contributed by atoms with Crippen molar-refractivity contribution in [1.29, 1.82) is 0 Å². The minimum absolute atomic E-state index is 0.241. The van der Waals surface area contributed by atoms with Crippen molar-refractivity contribution in [3.05, 3.63) is 66.0 Å². The van der Waals surface area contributed by atoms with Crippen LogP contribution in [0.4, 0.5) is 10.1 Å². The molecule has 2 aromatic rings. The minimum atomic E-state index is -0.454. The molecule has 142 valence electrons. The first-order valence-corrected chi connectivity index (χ1v) is 8.94. The molecular formula is C20H23FN4O2.